The van der Waals surface area contributed by atoms with Crippen LogP contribution in [0.5, 0.6) is 5.88 Å². The smallest absolute Gasteiger partial charge is 0.405 e. The molecule has 34 heavy (non-hydrogen) atoms. The van der Waals surface area contributed by atoms with E-state index in [0.717, 1.165) is 0 Å². The Kier molecular flexibility index (Phi) is 6.86. The maximum absolute atomic E-state index is 12.3. The van der Waals surface area contributed by atoms with Gasteiger partial charge < -0.3 is 30.3 Å². The number of nitrogens with zero attached hydrogens (tertiary/aromatic N) is 6. The van der Waals surface area contributed by atoms with E-state index in [1.165, 1.54) is 11.9 Å². The number of aromatic nitrogens is 4. The number of rotatable bonds is 6. The van der Waals surface area contributed by atoms with E-state index in [0.29, 0.717) is 62.2 Å². The first-order valence-corrected chi connectivity index (χ1v) is 10.7. The Balaban J connectivity index is 1.43. The minimum absolute atomic E-state index is 0.145. The summed E-state index contributed by atoms with van der Waals surface area (Å²) in [5.74, 6) is 0.967. The molecule has 2 fully saturated rings. The fourth-order valence-corrected chi connectivity index (χ4v) is 3.58. The van der Waals surface area contributed by atoms with Crippen LogP contribution in [0.3, 0.4) is 0 Å². The van der Waals surface area contributed by atoms with Gasteiger partial charge in [-0.2, -0.15) is 18.2 Å². The molecule has 1 saturated heterocycles. The van der Waals surface area contributed by atoms with Crippen molar-refractivity contribution in [3.8, 4) is 17.1 Å². The highest BCUT2D eigenvalue weighted by Gasteiger charge is 2.37. The van der Waals surface area contributed by atoms with Crippen LogP contribution >= 0.6 is 0 Å². The zero-order valence-electron chi connectivity index (χ0n) is 18.5. The number of urea groups is 1. The summed E-state index contributed by atoms with van der Waals surface area (Å²) in [7, 11) is 1.47. The molecule has 4 rings (SSSR count). The number of hydrogen-bond donors (Lipinski definition) is 2. The molecule has 14 heteroatoms. The van der Waals surface area contributed by atoms with Crippen LogP contribution in [0.4, 0.5) is 29.9 Å². The summed E-state index contributed by atoms with van der Waals surface area (Å²) in [4.78, 5) is 32.4. The van der Waals surface area contributed by atoms with Gasteiger partial charge in [0.15, 0.2) is 0 Å². The molecule has 0 aromatic carbocycles. The van der Waals surface area contributed by atoms with Crippen molar-refractivity contribution in [2.24, 2.45) is 0 Å². The second kappa shape index (κ2) is 9.83. The highest BCUT2D eigenvalue weighted by molar-refractivity contribution is 5.74. The fourth-order valence-electron chi connectivity index (χ4n) is 3.58. The SMILES string of the molecule is CN(C(=O)NCC(F)(F)F)C1CC(Oc2cc(-c3cnc(N)nc3)nc(N3CCOCC3)n2)C1. The van der Waals surface area contributed by atoms with Crippen LogP contribution in [0.25, 0.3) is 11.3 Å². The van der Waals surface area contributed by atoms with Crippen molar-refractivity contribution in [3.63, 3.8) is 0 Å². The number of nitrogens with one attached hydrogen (secondary N) is 1. The van der Waals surface area contributed by atoms with Crippen molar-refractivity contribution >= 4 is 17.9 Å². The van der Waals surface area contributed by atoms with Crippen molar-refractivity contribution < 1.29 is 27.4 Å². The number of nitrogens with two attached hydrogens (primary N) is 1. The van der Waals surface area contributed by atoms with Crippen LogP contribution in [0.2, 0.25) is 0 Å². The van der Waals surface area contributed by atoms with E-state index in [2.05, 4.69) is 19.9 Å². The lowest BCUT2D eigenvalue weighted by Crippen LogP contribution is -2.53. The van der Waals surface area contributed by atoms with Gasteiger partial charge in [-0.1, -0.05) is 0 Å². The zero-order valence-corrected chi connectivity index (χ0v) is 18.5. The normalized spacial score (nSPS) is 20.4. The first kappa shape index (κ1) is 23.7. The monoisotopic (exact) mass is 482 g/mol. The van der Waals surface area contributed by atoms with E-state index in [1.807, 2.05) is 10.2 Å². The number of halogens is 3. The average Bonchev–Trinajstić information content (AvgIpc) is 2.79. The number of alkyl halides is 3. The highest BCUT2D eigenvalue weighted by Crippen LogP contribution is 2.31. The summed E-state index contributed by atoms with van der Waals surface area (Å²) in [5, 5.41) is 1.87. The van der Waals surface area contributed by atoms with Crippen LogP contribution in [-0.2, 0) is 4.74 Å². The molecule has 184 valence electrons. The number of amides is 2. The lowest BCUT2D eigenvalue weighted by molar-refractivity contribution is -0.123. The van der Waals surface area contributed by atoms with Gasteiger partial charge in [-0.15, -0.1) is 0 Å². The van der Waals surface area contributed by atoms with Gasteiger partial charge in [0.2, 0.25) is 17.8 Å². The third-order valence-electron chi connectivity index (χ3n) is 5.62. The number of nitrogen functional groups attached to an aromatic ring is 1. The van der Waals surface area contributed by atoms with Gasteiger partial charge in [-0.3, -0.25) is 0 Å². The minimum Gasteiger partial charge on any atom is -0.474 e. The molecule has 0 bridgehead atoms. The third-order valence-corrected chi connectivity index (χ3v) is 5.62. The van der Waals surface area contributed by atoms with Gasteiger partial charge in [0.25, 0.3) is 0 Å². The van der Waals surface area contributed by atoms with Gasteiger partial charge in [0.1, 0.15) is 12.6 Å². The maximum Gasteiger partial charge on any atom is 0.405 e. The highest BCUT2D eigenvalue weighted by atomic mass is 19.4. The number of hydrogen-bond acceptors (Lipinski definition) is 9. The first-order valence-electron chi connectivity index (χ1n) is 10.7. The lowest BCUT2D eigenvalue weighted by atomic mass is 9.88. The zero-order chi connectivity index (χ0) is 24.3. The Labute approximate surface area is 193 Å². The molecular weight excluding hydrogens is 457 g/mol. The molecule has 1 saturated carbocycles. The van der Waals surface area contributed by atoms with E-state index in [4.69, 9.17) is 15.2 Å². The van der Waals surface area contributed by atoms with Gasteiger partial charge in [0.05, 0.1) is 18.9 Å². The number of ether oxygens (including phenoxy) is 2. The molecule has 1 aliphatic heterocycles. The summed E-state index contributed by atoms with van der Waals surface area (Å²) in [6, 6.07) is 0.665. The van der Waals surface area contributed by atoms with E-state index in [1.54, 1.807) is 18.5 Å². The summed E-state index contributed by atoms with van der Waals surface area (Å²) in [6.07, 6.45) is -0.650. The lowest BCUT2D eigenvalue weighted by Gasteiger charge is -2.40. The van der Waals surface area contributed by atoms with Crippen molar-refractivity contribution in [3.05, 3.63) is 18.5 Å². The molecule has 2 aromatic rings. The van der Waals surface area contributed by atoms with Crippen LogP contribution in [0.15, 0.2) is 18.5 Å². The van der Waals surface area contributed by atoms with E-state index in [9.17, 15) is 18.0 Å². The van der Waals surface area contributed by atoms with Gasteiger partial charge in [-0.05, 0) is 0 Å². The Hall–Kier alpha value is -3.42. The summed E-state index contributed by atoms with van der Waals surface area (Å²) < 4.78 is 48.4. The Bertz CT molecular complexity index is 996. The second-order valence-corrected chi connectivity index (χ2v) is 8.07. The molecule has 3 N–H and O–H groups in total. The predicted molar refractivity (Wildman–Crippen MR) is 115 cm³/mol. The van der Waals surface area contributed by atoms with Crippen molar-refractivity contribution in [1.29, 1.82) is 0 Å². The van der Waals surface area contributed by atoms with Crippen LogP contribution in [0, 0.1) is 0 Å². The predicted octanol–water partition coefficient (Wildman–Crippen LogP) is 1.47. The van der Waals surface area contributed by atoms with Crippen LogP contribution in [0.1, 0.15) is 12.8 Å². The summed E-state index contributed by atoms with van der Waals surface area (Å²) in [6.45, 7) is 1.00. The van der Waals surface area contributed by atoms with E-state index in [-0.39, 0.29) is 18.1 Å². The molecule has 0 atom stereocenters. The Morgan fingerprint density at radius 1 is 1.26 bits per heavy atom. The molecule has 0 radical (unpaired) electrons. The van der Waals surface area contributed by atoms with Crippen molar-refractivity contribution in [2.45, 2.75) is 31.2 Å². The minimum atomic E-state index is -4.46. The molecular formula is C20H25F3N8O3. The standard InChI is InChI=1S/C20H25F3N8O3/c1-30(19(32)27-11-20(21,22)23)13-6-14(7-13)34-16-8-15(12-9-25-17(24)26-10-12)28-18(29-16)31-2-4-33-5-3-31/h8-10,13-14H,2-7,11H2,1H3,(H,27,32)(H2,24,25,26). The number of morpholine rings is 1. The third kappa shape index (κ3) is 5.92. The van der Waals surface area contributed by atoms with Gasteiger partial charge in [-0.25, -0.2) is 19.7 Å². The number of carbonyl (C=O) groups excluding carboxylic acids is 1. The molecule has 1 aliphatic carbocycles. The quantitative estimate of drug-likeness (QED) is 0.628. The molecule has 0 spiro atoms. The van der Waals surface area contributed by atoms with Gasteiger partial charge >= 0.3 is 12.2 Å². The average molecular weight is 482 g/mol. The fraction of sp³-hybridized carbons (Fsp3) is 0.550. The van der Waals surface area contributed by atoms with E-state index < -0.39 is 18.8 Å². The van der Waals surface area contributed by atoms with Crippen molar-refractivity contribution in [2.75, 3.05) is 50.5 Å². The van der Waals surface area contributed by atoms with E-state index >= 15 is 0 Å². The first-order chi connectivity index (χ1) is 16.2. The number of carbonyl (C=O) groups is 1. The maximum atomic E-state index is 12.3. The van der Waals surface area contributed by atoms with Crippen LogP contribution in [-0.4, -0.2) is 89.1 Å². The molecule has 11 nitrogen and oxygen atoms in total. The Morgan fingerprint density at radius 2 is 1.94 bits per heavy atom. The summed E-state index contributed by atoms with van der Waals surface area (Å²) in [5.41, 5.74) is 6.79. The molecule has 2 aromatic heterocycles. The summed E-state index contributed by atoms with van der Waals surface area (Å²) >= 11 is 0. The largest absolute Gasteiger partial charge is 0.474 e. The van der Waals surface area contributed by atoms with Crippen LogP contribution < -0.4 is 20.7 Å². The molecule has 0 unspecified atom stereocenters. The van der Waals surface area contributed by atoms with Gasteiger partial charge in [0, 0.05) is 63.0 Å². The second-order valence-electron chi connectivity index (χ2n) is 8.07. The topological polar surface area (TPSA) is 132 Å². The molecule has 2 amide bonds. The Morgan fingerprint density at radius 3 is 2.59 bits per heavy atom. The molecule has 3 heterocycles. The van der Waals surface area contributed by atoms with Crippen molar-refractivity contribution in [1.82, 2.24) is 30.2 Å². The molecule has 2 aliphatic rings. The number of anilines is 2.